The van der Waals surface area contributed by atoms with Crippen molar-refractivity contribution < 1.29 is 4.74 Å². The van der Waals surface area contributed by atoms with Crippen molar-refractivity contribution >= 4 is 26.8 Å². The van der Waals surface area contributed by atoms with E-state index in [1.54, 1.807) is 6.20 Å². The van der Waals surface area contributed by atoms with E-state index in [-0.39, 0.29) is 0 Å². The van der Waals surface area contributed by atoms with Crippen LogP contribution >= 0.6 is 15.9 Å². The molecule has 0 unspecified atom stereocenters. The second-order valence-electron chi connectivity index (χ2n) is 4.52. The average Bonchev–Trinajstić information content (AvgIpc) is 2.49. The molecule has 0 radical (unpaired) electrons. The Balaban J connectivity index is 1.99. The highest BCUT2D eigenvalue weighted by Crippen LogP contribution is 2.27. The molecule has 3 nitrogen and oxygen atoms in total. The highest BCUT2D eigenvalue weighted by Gasteiger charge is 2.06. The van der Waals surface area contributed by atoms with Gasteiger partial charge in [0.25, 0.3) is 0 Å². The van der Waals surface area contributed by atoms with Gasteiger partial charge in [0.1, 0.15) is 5.52 Å². The summed E-state index contributed by atoms with van der Waals surface area (Å²) in [7, 11) is 0. The number of pyridine rings is 2. The molecule has 0 N–H and O–H groups in total. The van der Waals surface area contributed by atoms with Gasteiger partial charge >= 0.3 is 0 Å². The molecule has 100 valence electrons. The van der Waals surface area contributed by atoms with Gasteiger partial charge < -0.3 is 4.74 Å². The van der Waals surface area contributed by atoms with Crippen LogP contribution in [0.4, 0.5) is 0 Å². The van der Waals surface area contributed by atoms with Gasteiger partial charge in [-0.15, -0.1) is 0 Å². The molecule has 2 heterocycles. The molecule has 2 aromatic heterocycles. The summed E-state index contributed by atoms with van der Waals surface area (Å²) in [6, 6.07) is 13.8. The van der Waals surface area contributed by atoms with E-state index in [9.17, 15) is 0 Å². The van der Waals surface area contributed by atoms with E-state index in [0.29, 0.717) is 5.88 Å². The zero-order chi connectivity index (χ0) is 13.9. The van der Waals surface area contributed by atoms with E-state index in [0.717, 1.165) is 33.2 Å². The predicted octanol–water partition coefficient (Wildman–Crippen LogP) is 4.63. The molecule has 3 aromatic rings. The predicted molar refractivity (Wildman–Crippen MR) is 83.4 cm³/mol. The fourth-order valence-electron chi connectivity index (χ4n) is 1.96. The van der Waals surface area contributed by atoms with E-state index in [4.69, 9.17) is 4.74 Å². The fraction of sp³-hybridized carbons (Fsp3) is 0.125. The highest BCUT2D eigenvalue weighted by molar-refractivity contribution is 9.08. The van der Waals surface area contributed by atoms with Crippen LogP contribution in [0, 0.1) is 6.92 Å². The molecule has 1 aromatic carbocycles. The lowest BCUT2D eigenvalue weighted by atomic mass is 10.2. The van der Waals surface area contributed by atoms with E-state index < -0.39 is 0 Å². The van der Waals surface area contributed by atoms with E-state index in [2.05, 4.69) is 25.9 Å². The quantitative estimate of drug-likeness (QED) is 0.658. The Morgan fingerprint density at radius 3 is 2.75 bits per heavy atom. The number of alkyl halides is 1. The molecular weight excluding hydrogens is 316 g/mol. The summed E-state index contributed by atoms with van der Waals surface area (Å²) in [6.45, 7) is 1.97. The number of ether oxygens (including phenoxy) is 1. The fourth-order valence-corrected chi connectivity index (χ4v) is 2.29. The third-order valence-corrected chi connectivity index (χ3v) is 3.64. The van der Waals surface area contributed by atoms with Gasteiger partial charge in [0, 0.05) is 28.7 Å². The van der Waals surface area contributed by atoms with E-state index in [1.807, 2.05) is 49.4 Å². The van der Waals surface area contributed by atoms with Crippen LogP contribution in [0.5, 0.6) is 11.6 Å². The second kappa shape index (κ2) is 5.59. The van der Waals surface area contributed by atoms with Crippen molar-refractivity contribution in [3.05, 3.63) is 59.9 Å². The van der Waals surface area contributed by atoms with Crippen molar-refractivity contribution in [1.82, 2.24) is 9.97 Å². The number of benzene rings is 1. The van der Waals surface area contributed by atoms with Gasteiger partial charge in [0.05, 0.1) is 0 Å². The zero-order valence-electron chi connectivity index (χ0n) is 11.0. The van der Waals surface area contributed by atoms with Crippen molar-refractivity contribution in [3.63, 3.8) is 0 Å². The van der Waals surface area contributed by atoms with Crippen molar-refractivity contribution in [2.75, 3.05) is 0 Å². The standard InChI is InChI=1S/C16H13BrN2O/c1-11-5-7-13-3-2-4-14(16(13)19-11)20-15-8-6-12(9-17)10-18-15/h2-8,10H,9H2,1H3. The van der Waals surface area contributed by atoms with Gasteiger partial charge in [-0.2, -0.15) is 0 Å². The zero-order valence-corrected chi connectivity index (χ0v) is 12.6. The Kier molecular flexibility index (Phi) is 3.65. The molecule has 0 amide bonds. The number of hydrogen-bond acceptors (Lipinski definition) is 3. The van der Waals surface area contributed by atoms with Crippen LogP contribution in [-0.2, 0) is 5.33 Å². The van der Waals surface area contributed by atoms with Crippen LogP contribution in [0.15, 0.2) is 48.7 Å². The van der Waals surface area contributed by atoms with E-state index in [1.165, 1.54) is 0 Å². The Bertz CT molecular complexity index is 741. The lowest BCUT2D eigenvalue weighted by molar-refractivity contribution is 0.467. The van der Waals surface area contributed by atoms with Crippen LogP contribution in [-0.4, -0.2) is 9.97 Å². The molecule has 0 aliphatic rings. The topological polar surface area (TPSA) is 35.0 Å². The molecule has 0 saturated carbocycles. The minimum atomic E-state index is 0.575. The van der Waals surface area contributed by atoms with Gasteiger partial charge in [-0.25, -0.2) is 9.97 Å². The Labute approximate surface area is 125 Å². The molecule has 3 rings (SSSR count). The summed E-state index contributed by atoms with van der Waals surface area (Å²) < 4.78 is 5.86. The first-order valence-corrected chi connectivity index (χ1v) is 7.43. The third kappa shape index (κ3) is 2.65. The minimum Gasteiger partial charge on any atom is -0.437 e. The number of hydrogen-bond donors (Lipinski definition) is 0. The van der Waals surface area contributed by atoms with Crippen LogP contribution < -0.4 is 4.74 Å². The SMILES string of the molecule is Cc1ccc2cccc(Oc3ccc(CBr)cn3)c2n1. The van der Waals surface area contributed by atoms with Crippen molar-refractivity contribution in [2.45, 2.75) is 12.3 Å². The van der Waals surface area contributed by atoms with Gasteiger partial charge in [-0.05, 0) is 24.6 Å². The molecule has 4 heteroatoms. The maximum Gasteiger partial charge on any atom is 0.219 e. The normalized spacial score (nSPS) is 10.7. The monoisotopic (exact) mass is 328 g/mol. The summed E-state index contributed by atoms with van der Waals surface area (Å²) in [5.41, 5.74) is 2.94. The largest absolute Gasteiger partial charge is 0.437 e. The molecule has 0 fully saturated rings. The molecule has 0 spiro atoms. The van der Waals surface area contributed by atoms with Gasteiger partial charge in [0.2, 0.25) is 5.88 Å². The molecular formula is C16H13BrN2O. The number of aromatic nitrogens is 2. The minimum absolute atomic E-state index is 0.575. The summed E-state index contributed by atoms with van der Waals surface area (Å²) in [4.78, 5) is 8.84. The summed E-state index contributed by atoms with van der Waals surface area (Å²) in [5, 5.41) is 1.85. The Morgan fingerprint density at radius 1 is 1.10 bits per heavy atom. The maximum absolute atomic E-state index is 5.86. The molecule has 0 saturated heterocycles. The van der Waals surface area contributed by atoms with Crippen LogP contribution in [0.3, 0.4) is 0 Å². The Morgan fingerprint density at radius 2 is 2.00 bits per heavy atom. The first kappa shape index (κ1) is 13.1. The number of aryl methyl sites for hydroxylation is 1. The lowest BCUT2D eigenvalue weighted by Crippen LogP contribution is -1.92. The van der Waals surface area contributed by atoms with Crippen LogP contribution in [0.2, 0.25) is 0 Å². The maximum atomic E-state index is 5.86. The second-order valence-corrected chi connectivity index (χ2v) is 5.08. The van der Waals surface area contributed by atoms with Crippen LogP contribution in [0.1, 0.15) is 11.3 Å². The van der Waals surface area contributed by atoms with Crippen LogP contribution in [0.25, 0.3) is 10.9 Å². The number of fused-ring (bicyclic) bond motifs is 1. The molecule has 0 aliphatic heterocycles. The van der Waals surface area contributed by atoms with Gasteiger partial charge in [0.15, 0.2) is 5.75 Å². The van der Waals surface area contributed by atoms with E-state index >= 15 is 0 Å². The summed E-state index contributed by atoms with van der Waals surface area (Å²) in [5.74, 6) is 1.30. The smallest absolute Gasteiger partial charge is 0.219 e. The molecule has 0 aliphatic carbocycles. The number of rotatable bonds is 3. The van der Waals surface area contributed by atoms with Crippen molar-refractivity contribution in [1.29, 1.82) is 0 Å². The first-order chi connectivity index (χ1) is 9.76. The third-order valence-electron chi connectivity index (χ3n) is 2.99. The van der Waals surface area contributed by atoms with Crippen molar-refractivity contribution in [3.8, 4) is 11.6 Å². The lowest BCUT2D eigenvalue weighted by Gasteiger charge is -2.08. The highest BCUT2D eigenvalue weighted by atomic mass is 79.9. The summed E-state index contributed by atoms with van der Waals surface area (Å²) >= 11 is 3.40. The molecule has 0 bridgehead atoms. The number of halogens is 1. The van der Waals surface area contributed by atoms with Gasteiger partial charge in [-0.3, -0.25) is 0 Å². The number of nitrogens with zero attached hydrogens (tertiary/aromatic N) is 2. The summed E-state index contributed by atoms with van der Waals surface area (Å²) in [6.07, 6.45) is 1.80. The average molecular weight is 329 g/mol. The van der Waals surface area contributed by atoms with Crippen molar-refractivity contribution in [2.24, 2.45) is 0 Å². The first-order valence-electron chi connectivity index (χ1n) is 6.31. The molecule has 0 atom stereocenters. The molecule has 20 heavy (non-hydrogen) atoms. The Hall–Kier alpha value is -1.94. The van der Waals surface area contributed by atoms with Gasteiger partial charge in [-0.1, -0.05) is 40.2 Å². The number of para-hydroxylation sites is 1.